The van der Waals surface area contributed by atoms with E-state index in [0.29, 0.717) is 0 Å². The van der Waals surface area contributed by atoms with Gasteiger partial charge in [0.2, 0.25) is 5.91 Å². The molecule has 17 heavy (non-hydrogen) atoms. The molecule has 0 saturated carbocycles. The van der Waals surface area contributed by atoms with Gasteiger partial charge in [0.05, 0.1) is 14.2 Å². The third kappa shape index (κ3) is 2.73. The van der Waals surface area contributed by atoms with Crippen molar-refractivity contribution in [3.63, 3.8) is 0 Å². The normalized spacial score (nSPS) is 17.3. The molecule has 0 heterocycles. The van der Waals surface area contributed by atoms with Crippen molar-refractivity contribution in [3.8, 4) is 0 Å². The molecule has 2 atom stereocenters. The number of methoxy groups -OCH3 is 2. The highest BCUT2D eigenvalue weighted by Gasteiger charge is 2.57. The van der Waals surface area contributed by atoms with Crippen molar-refractivity contribution in [3.05, 3.63) is 0 Å². The van der Waals surface area contributed by atoms with Crippen LogP contribution < -0.4 is 5.32 Å². The standard InChI is InChI=1S/C10H17NO6/c1-6(12)11-9(2,7(13)16-4)10(3,15)8(14)17-5/h15H,1-5H3,(H,11,12)/t9-,10+/m1/s1. The number of nitrogens with one attached hydrogen (secondary N) is 1. The molecule has 0 aliphatic rings. The summed E-state index contributed by atoms with van der Waals surface area (Å²) >= 11 is 0. The van der Waals surface area contributed by atoms with E-state index in [-0.39, 0.29) is 0 Å². The summed E-state index contributed by atoms with van der Waals surface area (Å²) in [6, 6.07) is 0. The van der Waals surface area contributed by atoms with Gasteiger partial charge in [-0.25, -0.2) is 9.59 Å². The second-order valence-corrected chi connectivity index (χ2v) is 3.86. The van der Waals surface area contributed by atoms with Gasteiger partial charge >= 0.3 is 11.9 Å². The highest BCUT2D eigenvalue weighted by molar-refractivity contribution is 5.95. The molecule has 0 fully saturated rings. The maximum absolute atomic E-state index is 11.6. The Labute approximate surface area is 99.1 Å². The molecule has 2 N–H and O–H groups in total. The Balaban J connectivity index is 5.53. The van der Waals surface area contributed by atoms with Crippen LogP contribution in [0.15, 0.2) is 0 Å². The van der Waals surface area contributed by atoms with Gasteiger partial charge < -0.3 is 19.9 Å². The van der Waals surface area contributed by atoms with E-state index in [1.54, 1.807) is 0 Å². The number of carbonyl (C=O) groups excluding carboxylic acids is 3. The Bertz CT molecular complexity index is 338. The van der Waals surface area contributed by atoms with Crippen LogP contribution in [0.2, 0.25) is 0 Å². The quantitative estimate of drug-likeness (QED) is 0.616. The molecule has 0 bridgehead atoms. The minimum Gasteiger partial charge on any atom is -0.467 e. The fourth-order valence-corrected chi connectivity index (χ4v) is 1.33. The average Bonchev–Trinajstić information content (AvgIpc) is 2.25. The molecular formula is C10H17NO6. The van der Waals surface area contributed by atoms with E-state index >= 15 is 0 Å². The summed E-state index contributed by atoms with van der Waals surface area (Å²) < 4.78 is 8.87. The summed E-state index contributed by atoms with van der Waals surface area (Å²) in [5, 5.41) is 12.3. The summed E-state index contributed by atoms with van der Waals surface area (Å²) in [6.45, 7) is 3.39. The molecule has 0 rings (SSSR count). The zero-order valence-electron chi connectivity index (χ0n) is 10.5. The lowest BCUT2D eigenvalue weighted by atomic mass is 9.82. The SMILES string of the molecule is COC(=O)[C@](C)(O)[C@](C)(NC(C)=O)C(=O)OC. The molecule has 0 spiro atoms. The Morgan fingerprint density at radius 3 is 1.76 bits per heavy atom. The second-order valence-electron chi connectivity index (χ2n) is 3.86. The topological polar surface area (TPSA) is 102 Å². The minimum absolute atomic E-state index is 0.595. The lowest BCUT2D eigenvalue weighted by Gasteiger charge is -2.37. The van der Waals surface area contributed by atoms with Crippen molar-refractivity contribution in [1.82, 2.24) is 5.32 Å². The van der Waals surface area contributed by atoms with E-state index in [2.05, 4.69) is 14.8 Å². The molecule has 0 aliphatic heterocycles. The number of rotatable bonds is 4. The first kappa shape index (κ1) is 15.4. The van der Waals surface area contributed by atoms with E-state index in [1.807, 2.05) is 0 Å². The van der Waals surface area contributed by atoms with Crippen LogP contribution in [-0.2, 0) is 23.9 Å². The van der Waals surface area contributed by atoms with Crippen LogP contribution in [0.4, 0.5) is 0 Å². The first-order valence-electron chi connectivity index (χ1n) is 4.81. The molecule has 0 aliphatic carbocycles. The highest BCUT2D eigenvalue weighted by atomic mass is 16.5. The van der Waals surface area contributed by atoms with Crippen molar-refractivity contribution >= 4 is 17.8 Å². The summed E-state index contributed by atoms with van der Waals surface area (Å²) in [7, 11) is 2.14. The molecule has 0 unspecified atom stereocenters. The predicted molar refractivity (Wildman–Crippen MR) is 56.9 cm³/mol. The summed E-state index contributed by atoms with van der Waals surface area (Å²) in [5.41, 5.74) is -4.18. The molecule has 1 amide bonds. The zero-order chi connectivity index (χ0) is 13.9. The van der Waals surface area contributed by atoms with Crippen LogP contribution in [0.25, 0.3) is 0 Å². The van der Waals surface area contributed by atoms with Gasteiger partial charge in [0.1, 0.15) is 0 Å². The van der Waals surface area contributed by atoms with E-state index in [4.69, 9.17) is 0 Å². The van der Waals surface area contributed by atoms with Gasteiger partial charge in [-0.2, -0.15) is 0 Å². The molecule has 7 nitrogen and oxygen atoms in total. The van der Waals surface area contributed by atoms with E-state index < -0.39 is 29.0 Å². The molecule has 7 heteroatoms. The first-order chi connectivity index (χ1) is 7.63. The fourth-order valence-electron chi connectivity index (χ4n) is 1.33. The van der Waals surface area contributed by atoms with Gasteiger partial charge in [0, 0.05) is 6.92 Å². The number of hydrogen-bond donors (Lipinski definition) is 2. The first-order valence-corrected chi connectivity index (χ1v) is 4.81. The van der Waals surface area contributed by atoms with Crippen molar-refractivity contribution in [1.29, 1.82) is 0 Å². The van der Waals surface area contributed by atoms with Crippen LogP contribution in [0, 0.1) is 0 Å². The van der Waals surface area contributed by atoms with Gasteiger partial charge in [-0.3, -0.25) is 4.79 Å². The third-order valence-corrected chi connectivity index (χ3v) is 2.58. The Morgan fingerprint density at radius 1 is 1.06 bits per heavy atom. The highest BCUT2D eigenvalue weighted by Crippen LogP contribution is 2.25. The maximum Gasteiger partial charge on any atom is 0.340 e. The van der Waals surface area contributed by atoms with Crippen molar-refractivity contribution in [2.24, 2.45) is 0 Å². The fraction of sp³-hybridized carbons (Fsp3) is 0.700. The smallest absolute Gasteiger partial charge is 0.340 e. The van der Waals surface area contributed by atoms with Gasteiger partial charge in [0.15, 0.2) is 11.1 Å². The lowest BCUT2D eigenvalue weighted by molar-refractivity contribution is -0.181. The van der Waals surface area contributed by atoms with Crippen LogP contribution >= 0.6 is 0 Å². The second kappa shape index (κ2) is 5.13. The number of hydrogen-bond acceptors (Lipinski definition) is 6. The van der Waals surface area contributed by atoms with Gasteiger partial charge in [-0.05, 0) is 13.8 Å². The third-order valence-electron chi connectivity index (χ3n) is 2.58. The lowest BCUT2D eigenvalue weighted by Crippen LogP contribution is -2.69. The molecule has 0 radical (unpaired) electrons. The van der Waals surface area contributed by atoms with Crippen LogP contribution in [0.5, 0.6) is 0 Å². The van der Waals surface area contributed by atoms with Crippen LogP contribution in [-0.4, -0.2) is 48.3 Å². The molecule has 0 saturated heterocycles. The summed E-state index contributed by atoms with van der Waals surface area (Å²) in [6.07, 6.45) is 0. The van der Waals surface area contributed by atoms with Crippen molar-refractivity contribution in [2.75, 3.05) is 14.2 Å². The zero-order valence-corrected chi connectivity index (χ0v) is 10.5. The molecule has 0 aromatic rings. The predicted octanol–water partition coefficient (Wildman–Crippen LogP) is -1.02. The van der Waals surface area contributed by atoms with E-state index in [0.717, 1.165) is 28.1 Å². The Hall–Kier alpha value is -1.63. The van der Waals surface area contributed by atoms with Gasteiger partial charge in [-0.15, -0.1) is 0 Å². The number of carbonyl (C=O) groups is 3. The van der Waals surface area contributed by atoms with Crippen molar-refractivity contribution in [2.45, 2.75) is 31.9 Å². The van der Waals surface area contributed by atoms with Gasteiger partial charge in [-0.1, -0.05) is 0 Å². The monoisotopic (exact) mass is 247 g/mol. The number of aliphatic hydroxyl groups is 1. The molecule has 98 valence electrons. The molecule has 0 aromatic carbocycles. The molecular weight excluding hydrogens is 230 g/mol. The number of esters is 2. The van der Waals surface area contributed by atoms with Crippen molar-refractivity contribution < 1.29 is 29.0 Å². The maximum atomic E-state index is 11.6. The van der Waals surface area contributed by atoms with Crippen LogP contribution in [0.3, 0.4) is 0 Å². The number of ether oxygens (including phenoxy) is 2. The Kier molecular flexibility index (Phi) is 4.64. The largest absolute Gasteiger partial charge is 0.467 e. The number of amides is 1. The summed E-state index contributed by atoms with van der Waals surface area (Å²) in [5.74, 6) is -2.61. The minimum atomic E-state index is -2.25. The molecule has 0 aromatic heterocycles. The Morgan fingerprint density at radius 2 is 1.47 bits per heavy atom. The van der Waals surface area contributed by atoms with E-state index in [1.165, 1.54) is 6.92 Å². The van der Waals surface area contributed by atoms with Gasteiger partial charge in [0.25, 0.3) is 0 Å². The average molecular weight is 247 g/mol. The van der Waals surface area contributed by atoms with Crippen LogP contribution in [0.1, 0.15) is 20.8 Å². The summed E-state index contributed by atoms with van der Waals surface area (Å²) in [4.78, 5) is 34.1. The van der Waals surface area contributed by atoms with E-state index in [9.17, 15) is 19.5 Å².